The van der Waals surface area contributed by atoms with E-state index in [-0.39, 0.29) is 11.0 Å². The molecule has 0 amide bonds. The lowest BCUT2D eigenvalue weighted by atomic mass is 10.0. The van der Waals surface area contributed by atoms with Gasteiger partial charge in [-0.05, 0) is 59.8 Å². The molecule has 1 atom stereocenters. The largest absolute Gasteiger partial charge is 0.361 e. The average molecular weight is 335 g/mol. The van der Waals surface area contributed by atoms with Crippen LogP contribution in [0.2, 0.25) is 0 Å². The molecule has 0 spiro atoms. The minimum Gasteiger partial charge on any atom is -0.361 e. The highest BCUT2D eigenvalue weighted by molar-refractivity contribution is 7.81. The first-order chi connectivity index (χ1) is 10.8. The Balaban J connectivity index is 4.08. The molecule has 0 bridgehead atoms. The molecule has 1 unspecified atom stereocenters. The molecule has 0 aromatic rings. The first-order valence-corrected chi connectivity index (χ1v) is 8.69. The van der Waals surface area contributed by atoms with Crippen molar-refractivity contribution >= 4 is 24.6 Å². The van der Waals surface area contributed by atoms with Gasteiger partial charge in [0.2, 0.25) is 5.78 Å². The Hall–Kier alpha value is -1.38. The van der Waals surface area contributed by atoms with Gasteiger partial charge in [-0.3, -0.25) is 4.79 Å². The number of carbonyl (C=O) groups is 1. The monoisotopic (exact) mass is 334 g/mol. The van der Waals surface area contributed by atoms with Crippen molar-refractivity contribution < 1.29 is 9.58 Å². The van der Waals surface area contributed by atoms with E-state index in [0.29, 0.717) is 6.42 Å². The summed E-state index contributed by atoms with van der Waals surface area (Å²) in [4.78, 5) is 14.0. The fraction of sp³-hybridized carbons (Fsp3) is 0.579. The molecule has 0 aliphatic rings. The van der Waals surface area contributed by atoms with Gasteiger partial charge in [0, 0.05) is 11.7 Å². The molecule has 0 saturated heterocycles. The average Bonchev–Trinajstić information content (AvgIpc) is 2.45. The van der Waals surface area contributed by atoms with Gasteiger partial charge in [-0.15, -0.1) is 0 Å². The molecule has 0 N–H and O–H groups in total. The molecule has 0 fully saturated rings. The van der Waals surface area contributed by atoms with E-state index in [4.69, 9.17) is 5.53 Å². The second-order valence-corrected chi connectivity index (χ2v) is 6.99. The van der Waals surface area contributed by atoms with E-state index in [9.17, 15) is 4.79 Å². The number of Topliss-reactive ketones (excluding diaryl/α,β-unsaturated/α-hetero) is 1. The molecule has 0 aromatic heterocycles. The van der Waals surface area contributed by atoms with E-state index < -0.39 is 0 Å². The number of thiol groups is 1. The molecular formula is C19H30N2OS. The zero-order valence-corrected chi connectivity index (χ0v) is 15.8. The molecule has 0 aliphatic heterocycles. The molecule has 3 nitrogen and oxygen atoms in total. The summed E-state index contributed by atoms with van der Waals surface area (Å²) in [6.07, 6.45) is 13.0. The highest BCUT2D eigenvalue weighted by atomic mass is 32.1. The number of rotatable bonds is 11. The van der Waals surface area contributed by atoms with Crippen molar-refractivity contribution in [2.75, 3.05) is 0 Å². The van der Waals surface area contributed by atoms with E-state index in [1.807, 2.05) is 0 Å². The summed E-state index contributed by atoms with van der Waals surface area (Å²) in [5, 5.41) is -0.0307. The third-order valence-electron chi connectivity index (χ3n) is 3.50. The van der Waals surface area contributed by atoms with Gasteiger partial charge in [0.1, 0.15) is 0 Å². The molecule has 0 saturated carbocycles. The third-order valence-corrected chi connectivity index (χ3v) is 3.89. The maximum absolute atomic E-state index is 11.3. The minimum atomic E-state index is -0.200. The lowest BCUT2D eigenvalue weighted by Gasteiger charge is -2.05. The Morgan fingerprint density at radius 1 is 1.04 bits per heavy atom. The van der Waals surface area contributed by atoms with Gasteiger partial charge in [-0.1, -0.05) is 34.9 Å². The van der Waals surface area contributed by atoms with Crippen LogP contribution in [0.4, 0.5) is 0 Å². The van der Waals surface area contributed by atoms with Gasteiger partial charge in [0.25, 0.3) is 0 Å². The zero-order valence-electron chi connectivity index (χ0n) is 14.9. The maximum atomic E-state index is 11.3. The van der Waals surface area contributed by atoms with Crippen LogP contribution in [0.15, 0.2) is 34.9 Å². The molecular weight excluding hydrogens is 304 g/mol. The fourth-order valence-electron chi connectivity index (χ4n) is 2.11. The first-order valence-electron chi connectivity index (χ1n) is 8.18. The number of hydrogen-bond donors (Lipinski definition) is 1. The topological polar surface area (TPSA) is 53.5 Å². The van der Waals surface area contributed by atoms with Crippen molar-refractivity contribution in [2.45, 2.75) is 71.5 Å². The van der Waals surface area contributed by atoms with Crippen molar-refractivity contribution in [1.29, 1.82) is 0 Å². The summed E-state index contributed by atoms with van der Waals surface area (Å²) in [6, 6.07) is 0. The van der Waals surface area contributed by atoms with Crippen LogP contribution in [0.25, 0.3) is 5.53 Å². The van der Waals surface area contributed by atoms with Crippen LogP contribution in [0.3, 0.4) is 0 Å². The highest BCUT2D eigenvalue weighted by Gasteiger charge is 2.09. The first kappa shape index (κ1) is 21.6. The quantitative estimate of drug-likeness (QED) is 0.179. The van der Waals surface area contributed by atoms with Crippen molar-refractivity contribution in [3.63, 3.8) is 0 Å². The summed E-state index contributed by atoms with van der Waals surface area (Å²) in [6.45, 7) is 8.57. The van der Waals surface area contributed by atoms with Gasteiger partial charge in [0.05, 0.1) is 0 Å². The zero-order chi connectivity index (χ0) is 17.7. The normalized spacial score (nSPS) is 13.3. The third kappa shape index (κ3) is 14.0. The minimum absolute atomic E-state index is 0.0307. The van der Waals surface area contributed by atoms with Gasteiger partial charge in [0.15, 0.2) is 0 Å². The smallest absolute Gasteiger partial charge is 0.323 e. The van der Waals surface area contributed by atoms with Crippen LogP contribution >= 0.6 is 12.6 Å². The van der Waals surface area contributed by atoms with Crippen LogP contribution in [0, 0.1) is 0 Å². The predicted octanol–water partition coefficient (Wildman–Crippen LogP) is 5.35. The van der Waals surface area contributed by atoms with E-state index in [0.717, 1.165) is 38.3 Å². The van der Waals surface area contributed by atoms with E-state index >= 15 is 0 Å². The number of hydrogen-bond acceptors (Lipinski definition) is 2. The molecule has 0 aliphatic carbocycles. The van der Waals surface area contributed by atoms with Crippen molar-refractivity contribution in [2.24, 2.45) is 0 Å². The second-order valence-electron chi connectivity index (χ2n) is 6.26. The Morgan fingerprint density at radius 3 is 2.17 bits per heavy atom. The standard InChI is InChI=1S/C19H30N2OS/c1-15(2)7-5-8-16(3)9-6-10-17(4)11-12-19(23)13-18(22)14-21-20/h7,9,11,14,19,23H,5-6,8,10,12-13H2,1-4H3. The van der Waals surface area contributed by atoms with Crippen LogP contribution < -0.4 is 0 Å². The number of ketones is 1. The van der Waals surface area contributed by atoms with Crippen LogP contribution in [0.1, 0.15) is 66.2 Å². The van der Waals surface area contributed by atoms with E-state index in [1.54, 1.807) is 0 Å². The number of allylic oxidation sites excluding steroid dienone is 6. The Labute approximate surface area is 146 Å². The number of carbonyl (C=O) groups excluding carboxylic acids is 1. The maximum Gasteiger partial charge on any atom is 0.323 e. The lowest BCUT2D eigenvalue weighted by Crippen LogP contribution is -2.08. The highest BCUT2D eigenvalue weighted by Crippen LogP contribution is 2.14. The second kappa shape index (κ2) is 13.1. The lowest BCUT2D eigenvalue weighted by molar-refractivity contribution is -0.116. The Bertz CT molecular complexity index is 507. The molecule has 0 radical (unpaired) electrons. The Kier molecular flexibility index (Phi) is 12.3. The molecule has 0 rings (SSSR count). The predicted molar refractivity (Wildman–Crippen MR) is 102 cm³/mol. The summed E-state index contributed by atoms with van der Waals surface area (Å²) in [5.74, 6) is -0.200. The van der Waals surface area contributed by atoms with Gasteiger partial charge >= 0.3 is 6.21 Å². The van der Waals surface area contributed by atoms with Crippen molar-refractivity contribution in [1.82, 2.24) is 0 Å². The molecule has 0 aromatic carbocycles. The summed E-state index contributed by atoms with van der Waals surface area (Å²) < 4.78 is 0. The van der Waals surface area contributed by atoms with Crippen LogP contribution in [0.5, 0.6) is 0 Å². The molecule has 4 heteroatoms. The van der Waals surface area contributed by atoms with E-state index in [2.05, 4.69) is 63.3 Å². The fourth-order valence-corrected chi connectivity index (χ4v) is 2.39. The Morgan fingerprint density at radius 2 is 1.61 bits per heavy atom. The van der Waals surface area contributed by atoms with Crippen LogP contribution in [-0.2, 0) is 4.79 Å². The van der Waals surface area contributed by atoms with Crippen LogP contribution in [-0.4, -0.2) is 22.0 Å². The van der Waals surface area contributed by atoms with Crippen molar-refractivity contribution in [3.8, 4) is 0 Å². The van der Waals surface area contributed by atoms with Crippen molar-refractivity contribution in [3.05, 3.63) is 40.5 Å². The summed E-state index contributed by atoms with van der Waals surface area (Å²) in [7, 11) is 0. The molecule has 23 heavy (non-hydrogen) atoms. The molecule has 128 valence electrons. The SMILES string of the molecule is CC(C)=CCCC(C)=CCCC(C)=CCC(S)CC(=O)C=[N+]=[N-]. The summed E-state index contributed by atoms with van der Waals surface area (Å²) >= 11 is 4.39. The van der Waals surface area contributed by atoms with Gasteiger partial charge in [-0.25, -0.2) is 0 Å². The molecule has 0 heterocycles. The van der Waals surface area contributed by atoms with Gasteiger partial charge < -0.3 is 5.53 Å². The summed E-state index contributed by atoms with van der Waals surface area (Å²) in [5.41, 5.74) is 12.4. The number of nitrogens with zero attached hydrogens (tertiary/aromatic N) is 2. The van der Waals surface area contributed by atoms with Gasteiger partial charge in [-0.2, -0.15) is 17.4 Å². The van der Waals surface area contributed by atoms with E-state index in [1.165, 1.54) is 16.7 Å².